The second kappa shape index (κ2) is 8.88. The summed E-state index contributed by atoms with van der Waals surface area (Å²) in [5.74, 6) is 1.08. The number of aryl methyl sites for hydroxylation is 2. The van der Waals surface area contributed by atoms with E-state index in [1.54, 1.807) is 0 Å². The first-order chi connectivity index (χ1) is 13.7. The quantitative estimate of drug-likeness (QED) is 0.736. The van der Waals surface area contributed by atoms with Crippen molar-refractivity contribution in [3.63, 3.8) is 0 Å². The molecule has 1 amide bonds. The van der Waals surface area contributed by atoms with E-state index in [1.165, 1.54) is 32.1 Å². The average molecular weight is 385 g/mol. The molecular weight excluding hydrogens is 352 g/mol. The van der Waals surface area contributed by atoms with Crippen molar-refractivity contribution < 1.29 is 4.79 Å². The van der Waals surface area contributed by atoms with Gasteiger partial charge in [-0.3, -0.25) is 4.79 Å². The number of carbonyl (C=O) groups is 1. The van der Waals surface area contributed by atoms with Gasteiger partial charge in [-0.15, -0.1) is 5.10 Å². The number of carbonyl (C=O) groups excluding carboxylic acids is 1. The van der Waals surface area contributed by atoms with Gasteiger partial charge in [0.25, 0.3) is 5.91 Å². The van der Waals surface area contributed by atoms with E-state index in [0.29, 0.717) is 11.7 Å². The second-order valence-electron chi connectivity index (χ2n) is 8.33. The summed E-state index contributed by atoms with van der Waals surface area (Å²) < 4.78 is 4.12. The molecule has 152 valence electrons. The van der Waals surface area contributed by atoms with Crippen LogP contribution in [-0.4, -0.2) is 47.9 Å². The number of hydrogen-bond donors (Lipinski definition) is 0. The van der Waals surface area contributed by atoms with Crippen molar-refractivity contribution >= 4 is 5.91 Å². The Labute approximate surface area is 167 Å². The van der Waals surface area contributed by atoms with Crippen LogP contribution in [-0.2, 0) is 6.54 Å². The summed E-state index contributed by atoms with van der Waals surface area (Å²) >= 11 is 0. The Kier molecular flexibility index (Phi) is 6.07. The zero-order valence-corrected chi connectivity index (χ0v) is 17.0. The van der Waals surface area contributed by atoms with Crippen LogP contribution in [0, 0.1) is 6.92 Å². The molecule has 1 atom stereocenters. The van der Waals surface area contributed by atoms with Crippen molar-refractivity contribution in [2.75, 3.05) is 6.54 Å². The SMILES string of the molecule is Cc1nccn1CC[C@@H]1CCCCN1C(=O)c1cn(C2CCCCCC2)nn1. The molecule has 2 aliphatic rings. The Hall–Kier alpha value is -2.18. The van der Waals surface area contributed by atoms with Crippen molar-refractivity contribution in [1.82, 2.24) is 29.4 Å². The highest BCUT2D eigenvalue weighted by Crippen LogP contribution is 2.27. The monoisotopic (exact) mass is 384 g/mol. The first-order valence-electron chi connectivity index (χ1n) is 10.9. The van der Waals surface area contributed by atoms with E-state index < -0.39 is 0 Å². The van der Waals surface area contributed by atoms with Crippen LogP contribution in [0.5, 0.6) is 0 Å². The average Bonchev–Trinajstić information content (AvgIpc) is 3.28. The second-order valence-corrected chi connectivity index (χ2v) is 8.33. The fraction of sp³-hybridized carbons (Fsp3) is 0.714. The highest BCUT2D eigenvalue weighted by molar-refractivity contribution is 5.92. The molecule has 28 heavy (non-hydrogen) atoms. The summed E-state index contributed by atoms with van der Waals surface area (Å²) in [4.78, 5) is 19.5. The van der Waals surface area contributed by atoms with Gasteiger partial charge < -0.3 is 9.47 Å². The number of piperidine rings is 1. The maximum atomic E-state index is 13.2. The molecule has 7 heteroatoms. The van der Waals surface area contributed by atoms with E-state index in [1.807, 2.05) is 35.1 Å². The third kappa shape index (κ3) is 4.28. The Balaban J connectivity index is 1.42. The number of hydrogen-bond acceptors (Lipinski definition) is 4. The van der Waals surface area contributed by atoms with Gasteiger partial charge in [-0.05, 0) is 45.4 Å². The minimum absolute atomic E-state index is 0.0481. The molecule has 0 bridgehead atoms. The molecule has 1 saturated carbocycles. The van der Waals surface area contributed by atoms with Gasteiger partial charge in [-0.25, -0.2) is 9.67 Å². The summed E-state index contributed by atoms with van der Waals surface area (Å²) in [5.41, 5.74) is 0.509. The van der Waals surface area contributed by atoms with E-state index in [0.717, 1.165) is 51.0 Å². The van der Waals surface area contributed by atoms with E-state index >= 15 is 0 Å². The minimum Gasteiger partial charge on any atom is -0.335 e. The molecule has 4 rings (SSSR count). The predicted molar refractivity (Wildman–Crippen MR) is 107 cm³/mol. The lowest BCUT2D eigenvalue weighted by atomic mass is 9.99. The number of nitrogens with zero attached hydrogens (tertiary/aromatic N) is 6. The molecule has 1 saturated heterocycles. The van der Waals surface area contributed by atoms with Gasteiger partial charge in [-0.1, -0.05) is 30.9 Å². The standard InChI is InChI=1S/C21H32N6O/c1-17-22-12-15-25(17)14-11-18-8-6-7-13-26(18)21(28)20-16-27(24-23-20)19-9-4-2-3-5-10-19/h12,15-16,18-19H,2-11,13-14H2,1H3/t18-/m0/s1. The minimum atomic E-state index is 0.0481. The summed E-state index contributed by atoms with van der Waals surface area (Å²) in [5, 5.41) is 8.59. The molecule has 3 heterocycles. The van der Waals surface area contributed by atoms with Gasteiger partial charge in [0.2, 0.25) is 0 Å². The first-order valence-corrected chi connectivity index (χ1v) is 10.9. The molecule has 0 spiro atoms. The van der Waals surface area contributed by atoms with Gasteiger partial charge >= 0.3 is 0 Å². The summed E-state index contributed by atoms with van der Waals surface area (Å²) in [7, 11) is 0. The molecule has 2 aromatic heterocycles. The summed E-state index contributed by atoms with van der Waals surface area (Å²) in [6, 6.07) is 0.670. The van der Waals surface area contributed by atoms with Crippen LogP contribution in [0.15, 0.2) is 18.6 Å². The van der Waals surface area contributed by atoms with Crippen molar-refractivity contribution in [3.05, 3.63) is 30.1 Å². The van der Waals surface area contributed by atoms with Crippen molar-refractivity contribution in [1.29, 1.82) is 0 Å². The van der Waals surface area contributed by atoms with Crippen LogP contribution in [0.1, 0.15) is 86.6 Å². The Morgan fingerprint density at radius 3 is 2.64 bits per heavy atom. The van der Waals surface area contributed by atoms with Crippen LogP contribution in [0.2, 0.25) is 0 Å². The predicted octanol–water partition coefficient (Wildman–Crippen LogP) is 3.76. The molecule has 2 aromatic rings. The lowest BCUT2D eigenvalue weighted by Crippen LogP contribution is -2.44. The number of amides is 1. The van der Waals surface area contributed by atoms with Crippen LogP contribution in [0.4, 0.5) is 0 Å². The van der Waals surface area contributed by atoms with Crippen LogP contribution in [0.3, 0.4) is 0 Å². The molecule has 1 aliphatic carbocycles. The van der Waals surface area contributed by atoms with Crippen LogP contribution in [0.25, 0.3) is 0 Å². The fourth-order valence-electron chi connectivity index (χ4n) is 4.72. The van der Waals surface area contributed by atoms with Crippen LogP contribution >= 0.6 is 0 Å². The lowest BCUT2D eigenvalue weighted by Gasteiger charge is -2.35. The zero-order valence-electron chi connectivity index (χ0n) is 17.0. The highest BCUT2D eigenvalue weighted by atomic mass is 16.2. The van der Waals surface area contributed by atoms with Gasteiger partial charge in [-0.2, -0.15) is 0 Å². The van der Waals surface area contributed by atoms with E-state index in [2.05, 4.69) is 19.9 Å². The number of aromatic nitrogens is 5. The van der Waals surface area contributed by atoms with Crippen LogP contribution < -0.4 is 0 Å². The Morgan fingerprint density at radius 2 is 1.89 bits per heavy atom. The maximum Gasteiger partial charge on any atom is 0.276 e. The van der Waals surface area contributed by atoms with E-state index in [9.17, 15) is 4.79 Å². The smallest absolute Gasteiger partial charge is 0.276 e. The number of likely N-dealkylation sites (tertiary alicyclic amines) is 1. The Bertz CT molecular complexity index is 773. The van der Waals surface area contributed by atoms with Gasteiger partial charge in [0.1, 0.15) is 5.82 Å². The van der Waals surface area contributed by atoms with E-state index in [-0.39, 0.29) is 11.9 Å². The molecule has 0 N–H and O–H groups in total. The summed E-state index contributed by atoms with van der Waals surface area (Å²) in [6.07, 6.45) is 17.4. The third-order valence-corrected chi connectivity index (χ3v) is 6.44. The van der Waals surface area contributed by atoms with Gasteiger partial charge in [0.15, 0.2) is 5.69 Å². The topological polar surface area (TPSA) is 68.8 Å². The van der Waals surface area contributed by atoms with Gasteiger partial charge in [0.05, 0.1) is 12.2 Å². The fourth-order valence-corrected chi connectivity index (χ4v) is 4.72. The Morgan fingerprint density at radius 1 is 1.11 bits per heavy atom. The largest absolute Gasteiger partial charge is 0.335 e. The maximum absolute atomic E-state index is 13.2. The molecule has 0 unspecified atom stereocenters. The van der Waals surface area contributed by atoms with Crippen molar-refractivity contribution in [3.8, 4) is 0 Å². The zero-order chi connectivity index (χ0) is 19.3. The third-order valence-electron chi connectivity index (χ3n) is 6.44. The highest BCUT2D eigenvalue weighted by Gasteiger charge is 2.29. The molecule has 0 aromatic carbocycles. The van der Waals surface area contributed by atoms with Crippen molar-refractivity contribution in [2.45, 2.75) is 89.8 Å². The molecular formula is C21H32N6O. The lowest BCUT2D eigenvalue weighted by molar-refractivity contribution is 0.0589. The van der Waals surface area contributed by atoms with Crippen molar-refractivity contribution in [2.24, 2.45) is 0 Å². The normalized spacial score (nSPS) is 21.6. The number of rotatable bonds is 5. The summed E-state index contributed by atoms with van der Waals surface area (Å²) in [6.45, 7) is 3.74. The molecule has 0 radical (unpaired) electrons. The molecule has 2 fully saturated rings. The first kappa shape index (κ1) is 19.2. The van der Waals surface area contributed by atoms with Gasteiger partial charge in [0, 0.05) is 31.5 Å². The molecule has 1 aliphatic heterocycles. The van der Waals surface area contributed by atoms with E-state index in [4.69, 9.17) is 0 Å². The molecule has 7 nitrogen and oxygen atoms in total. The number of imidazole rings is 1.